The van der Waals surface area contributed by atoms with Crippen molar-refractivity contribution < 1.29 is 15.3 Å². The fourth-order valence-electron chi connectivity index (χ4n) is 1.45. The monoisotopic (exact) mass is 176 g/mol. The van der Waals surface area contributed by atoms with Crippen molar-refractivity contribution in [2.24, 2.45) is 5.92 Å². The van der Waals surface area contributed by atoms with E-state index in [0.717, 1.165) is 6.42 Å². The van der Waals surface area contributed by atoms with Crippen LogP contribution in [0.5, 0.6) is 0 Å². The second-order valence-corrected chi connectivity index (χ2v) is 3.25. The fraction of sp³-hybridized carbons (Fsp3) is 1.00. The van der Waals surface area contributed by atoms with E-state index in [1.807, 2.05) is 6.92 Å². The maximum absolute atomic E-state index is 9.54. The van der Waals surface area contributed by atoms with E-state index in [1.165, 1.54) is 0 Å². The maximum atomic E-state index is 9.54. The van der Waals surface area contributed by atoms with Gasteiger partial charge in [-0.25, -0.2) is 0 Å². The fourth-order valence-corrected chi connectivity index (χ4v) is 1.45. The first kappa shape index (κ1) is 11.9. The van der Waals surface area contributed by atoms with Gasteiger partial charge in [-0.15, -0.1) is 0 Å². The van der Waals surface area contributed by atoms with Crippen LogP contribution in [-0.4, -0.2) is 34.1 Å². The summed E-state index contributed by atoms with van der Waals surface area (Å²) in [5.41, 5.74) is 0. The van der Waals surface area contributed by atoms with Crippen molar-refractivity contribution in [1.82, 2.24) is 0 Å². The molecule has 12 heavy (non-hydrogen) atoms. The van der Waals surface area contributed by atoms with Gasteiger partial charge in [0.05, 0.1) is 12.2 Å². The average Bonchev–Trinajstić information content (AvgIpc) is 2.01. The Morgan fingerprint density at radius 2 is 1.83 bits per heavy atom. The van der Waals surface area contributed by atoms with Gasteiger partial charge in [-0.1, -0.05) is 6.92 Å². The Morgan fingerprint density at radius 3 is 2.17 bits per heavy atom. The summed E-state index contributed by atoms with van der Waals surface area (Å²) < 4.78 is 0. The van der Waals surface area contributed by atoms with Crippen LogP contribution in [0.4, 0.5) is 0 Å². The standard InChI is InChI=1S/C9H20O3/c1-3-8(7(2)11)9(12)5-4-6-10/h7-12H,3-6H2,1-2H3. The number of hydrogen-bond donors (Lipinski definition) is 3. The van der Waals surface area contributed by atoms with Gasteiger partial charge in [0.1, 0.15) is 0 Å². The molecule has 0 saturated heterocycles. The Balaban J connectivity index is 3.77. The second-order valence-electron chi connectivity index (χ2n) is 3.25. The minimum Gasteiger partial charge on any atom is -0.396 e. The van der Waals surface area contributed by atoms with E-state index in [-0.39, 0.29) is 12.5 Å². The lowest BCUT2D eigenvalue weighted by Crippen LogP contribution is -2.29. The lowest BCUT2D eigenvalue weighted by atomic mass is 9.91. The molecule has 0 bridgehead atoms. The van der Waals surface area contributed by atoms with E-state index in [0.29, 0.717) is 12.8 Å². The highest BCUT2D eigenvalue weighted by Crippen LogP contribution is 2.17. The summed E-state index contributed by atoms with van der Waals surface area (Å²) in [5.74, 6) is -0.0588. The number of hydrogen-bond acceptors (Lipinski definition) is 3. The van der Waals surface area contributed by atoms with Crippen molar-refractivity contribution in [3.63, 3.8) is 0 Å². The zero-order valence-electron chi connectivity index (χ0n) is 7.90. The molecule has 0 heterocycles. The summed E-state index contributed by atoms with van der Waals surface area (Å²) in [7, 11) is 0. The lowest BCUT2D eigenvalue weighted by molar-refractivity contribution is 0.0123. The summed E-state index contributed by atoms with van der Waals surface area (Å²) in [6.07, 6.45) is 0.986. The highest BCUT2D eigenvalue weighted by molar-refractivity contribution is 4.71. The minimum absolute atomic E-state index is 0.0588. The van der Waals surface area contributed by atoms with Crippen molar-refractivity contribution in [1.29, 1.82) is 0 Å². The van der Waals surface area contributed by atoms with Crippen LogP contribution in [0.3, 0.4) is 0 Å². The van der Waals surface area contributed by atoms with Gasteiger partial charge < -0.3 is 15.3 Å². The third-order valence-electron chi connectivity index (χ3n) is 2.24. The molecule has 0 rings (SSSR count). The average molecular weight is 176 g/mol. The minimum atomic E-state index is -0.484. The second kappa shape index (κ2) is 6.40. The quantitative estimate of drug-likeness (QED) is 0.553. The molecule has 0 aliphatic heterocycles. The van der Waals surface area contributed by atoms with E-state index in [2.05, 4.69) is 0 Å². The summed E-state index contributed by atoms with van der Waals surface area (Å²) >= 11 is 0. The predicted octanol–water partition coefficient (Wildman–Crippen LogP) is 0.527. The van der Waals surface area contributed by atoms with E-state index in [4.69, 9.17) is 5.11 Å². The molecule has 3 heteroatoms. The first-order valence-electron chi connectivity index (χ1n) is 4.60. The van der Waals surface area contributed by atoms with Gasteiger partial charge in [0.15, 0.2) is 0 Å². The first-order valence-corrected chi connectivity index (χ1v) is 4.60. The van der Waals surface area contributed by atoms with Crippen molar-refractivity contribution in [2.75, 3.05) is 6.61 Å². The zero-order valence-corrected chi connectivity index (χ0v) is 7.90. The predicted molar refractivity (Wildman–Crippen MR) is 47.8 cm³/mol. The molecule has 0 aromatic heterocycles. The lowest BCUT2D eigenvalue weighted by Gasteiger charge is -2.23. The number of aliphatic hydroxyl groups excluding tert-OH is 3. The highest BCUT2D eigenvalue weighted by atomic mass is 16.3. The van der Waals surface area contributed by atoms with Gasteiger partial charge in [0.2, 0.25) is 0 Å². The van der Waals surface area contributed by atoms with Gasteiger partial charge >= 0.3 is 0 Å². The van der Waals surface area contributed by atoms with Crippen LogP contribution < -0.4 is 0 Å². The van der Waals surface area contributed by atoms with Gasteiger partial charge in [0, 0.05) is 12.5 Å². The molecule has 0 aromatic rings. The van der Waals surface area contributed by atoms with Gasteiger partial charge in [-0.05, 0) is 26.2 Å². The summed E-state index contributed by atoms with van der Waals surface area (Å²) in [6.45, 7) is 3.74. The molecule has 0 radical (unpaired) electrons. The summed E-state index contributed by atoms with van der Waals surface area (Å²) in [4.78, 5) is 0. The van der Waals surface area contributed by atoms with Crippen molar-refractivity contribution in [3.05, 3.63) is 0 Å². The van der Waals surface area contributed by atoms with Crippen molar-refractivity contribution >= 4 is 0 Å². The first-order chi connectivity index (χ1) is 5.63. The Labute approximate surface area is 74.0 Å². The molecule has 3 atom stereocenters. The summed E-state index contributed by atoms with van der Waals surface area (Å²) in [5, 5.41) is 27.3. The Bertz CT molecular complexity index is 104. The Morgan fingerprint density at radius 1 is 1.25 bits per heavy atom. The number of rotatable bonds is 6. The molecule has 3 unspecified atom stereocenters. The third kappa shape index (κ3) is 4.04. The molecule has 0 saturated carbocycles. The summed E-state index contributed by atoms with van der Waals surface area (Å²) in [6, 6.07) is 0. The van der Waals surface area contributed by atoms with Gasteiger partial charge in [-0.2, -0.15) is 0 Å². The molecule has 0 aromatic carbocycles. The molecule has 3 nitrogen and oxygen atoms in total. The van der Waals surface area contributed by atoms with Crippen molar-refractivity contribution in [2.45, 2.75) is 45.3 Å². The van der Waals surface area contributed by atoms with Crippen LogP contribution in [0.2, 0.25) is 0 Å². The largest absolute Gasteiger partial charge is 0.396 e. The molecule has 0 aliphatic rings. The molecule has 0 aliphatic carbocycles. The normalized spacial score (nSPS) is 18.8. The van der Waals surface area contributed by atoms with Crippen LogP contribution in [0.1, 0.15) is 33.1 Å². The molecule has 0 spiro atoms. The molecule has 0 amide bonds. The maximum Gasteiger partial charge on any atom is 0.0593 e. The van der Waals surface area contributed by atoms with E-state index >= 15 is 0 Å². The zero-order chi connectivity index (χ0) is 9.56. The van der Waals surface area contributed by atoms with Crippen molar-refractivity contribution in [3.8, 4) is 0 Å². The third-order valence-corrected chi connectivity index (χ3v) is 2.24. The SMILES string of the molecule is CCC(C(C)O)C(O)CCCO. The van der Waals surface area contributed by atoms with E-state index < -0.39 is 12.2 Å². The van der Waals surface area contributed by atoms with Crippen LogP contribution >= 0.6 is 0 Å². The van der Waals surface area contributed by atoms with Crippen LogP contribution in [0, 0.1) is 5.92 Å². The Hall–Kier alpha value is -0.120. The molecule has 74 valence electrons. The smallest absolute Gasteiger partial charge is 0.0593 e. The molecule has 0 fully saturated rings. The Kier molecular flexibility index (Phi) is 6.34. The number of aliphatic hydroxyl groups is 3. The van der Waals surface area contributed by atoms with Crippen LogP contribution in [0.25, 0.3) is 0 Å². The molecular formula is C9H20O3. The van der Waals surface area contributed by atoms with Gasteiger partial charge in [0.25, 0.3) is 0 Å². The highest BCUT2D eigenvalue weighted by Gasteiger charge is 2.21. The van der Waals surface area contributed by atoms with Crippen LogP contribution in [-0.2, 0) is 0 Å². The van der Waals surface area contributed by atoms with E-state index in [1.54, 1.807) is 6.92 Å². The molecule has 3 N–H and O–H groups in total. The molecular weight excluding hydrogens is 156 g/mol. The van der Waals surface area contributed by atoms with Gasteiger partial charge in [-0.3, -0.25) is 0 Å². The van der Waals surface area contributed by atoms with E-state index in [9.17, 15) is 10.2 Å². The topological polar surface area (TPSA) is 60.7 Å². The van der Waals surface area contributed by atoms with Crippen LogP contribution in [0.15, 0.2) is 0 Å².